The molecule has 0 saturated heterocycles. The molecule has 0 fully saturated rings. The van der Waals surface area contributed by atoms with E-state index in [9.17, 15) is 9.59 Å². The number of benzene rings is 1. The number of hydrogen-bond acceptors (Lipinski definition) is 3. The summed E-state index contributed by atoms with van der Waals surface area (Å²) >= 11 is 0. The van der Waals surface area contributed by atoms with Crippen molar-refractivity contribution in [2.45, 2.75) is 0 Å². The van der Waals surface area contributed by atoms with Crippen LogP contribution in [0.5, 0.6) is 5.75 Å². The van der Waals surface area contributed by atoms with E-state index < -0.39 is 0 Å². The van der Waals surface area contributed by atoms with Crippen molar-refractivity contribution in [1.82, 2.24) is 9.13 Å². The molecule has 0 aliphatic heterocycles. The third-order valence-electron chi connectivity index (χ3n) is 2.54. The van der Waals surface area contributed by atoms with E-state index >= 15 is 0 Å². The minimum absolute atomic E-state index is 0.320. The summed E-state index contributed by atoms with van der Waals surface area (Å²) in [5.74, 6) is 0.714. The molecule has 0 radical (unpaired) electrons. The molecule has 0 aliphatic rings. The summed E-state index contributed by atoms with van der Waals surface area (Å²) in [5.41, 5.74) is -0.00571. The molecule has 0 spiro atoms. The standard InChI is InChI=1S/C12H12N2O3/c1-13-11(15)7-8-14(12(13)16)9-3-5-10(17-2)6-4-9/h3-8H,1-2H3. The van der Waals surface area contributed by atoms with Gasteiger partial charge in [-0.1, -0.05) is 0 Å². The highest BCUT2D eigenvalue weighted by molar-refractivity contribution is 5.37. The summed E-state index contributed by atoms with van der Waals surface area (Å²) in [6.07, 6.45) is 1.46. The van der Waals surface area contributed by atoms with Gasteiger partial charge < -0.3 is 4.74 Å². The number of rotatable bonds is 2. The Morgan fingerprint density at radius 3 is 2.29 bits per heavy atom. The molecule has 0 aliphatic carbocycles. The Kier molecular flexibility index (Phi) is 2.82. The van der Waals surface area contributed by atoms with E-state index in [-0.39, 0.29) is 11.2 Å². The molecule has 5 heteroatoms. The molecule has 5 nitrogen and oxygen atoms in total. The van der Waals surface area contributed by atoms with E-state index in [0.717, 1.165) is 4.57 Å². The van der Waals surface area contributed by atoms with E-state index in [1.54, 1.807) is 31.4 Å². The molecule has 1 heterocycles. The largest absolute Gasteiger partial charge is 0.497 e. The number of hydrogen-bond donors (Lipinski definition) is 0. The Balaban J connectivity index is 2.57. The van der Waals surface area contributed by atoms with Crippen molar-refractivity contribution in [2.75, 3.05) is 7.11 Å². The van der Waals surface area contributed by atoms with Gasteiger partial charge in [-0.15, -0.1) is 0 Å². The first-order valence-electron chi connectivity index (χ1n) is 5.06. The first kappa shape index (κ1) is 11.2. The van der Waals surface area contributed by atoms with Crippen LogP contribution in [0.15, 0.2) is 46.1 Å². The molecule has 2 rings (SSSR count). The quantitative estimate of drug-likeness (QED) is 0.759. The zero-order chi connectivity index (χ0) is 12.4. The van der Waals surface area contributed by atoms with Gasteiger partial charge in [0.1, 0.15) is 5.75 Å². The average Bonchev–Trinajstić information content (AvgIpc) is 2.36. The van der Waals surface area contributed by atoms with Crippen molar-refractivity contribution in [3.8, 4) is 11.4 Å². The van der Waals surface area contributed by atoms with Gasteiger partial charge in [0.05, 0.1) is 12.8 Å². The van der Waals surface area contributed by atoms with Crippen LogP contribution < -0.4 is 16.0 Å². The van der Waals surface area contributed by atoms with Gasteiger partial charge in [-0.25, -0.2) is 4.79 Å². The maximum absolute atomic E-state index is 11.8. The Morgan fingerprint density at radius 2 is 1.71 bits per heavy atom. The van der Waals surface area contributed by atoms with Gasteiger partial charge in [-0.3, -0.25) is 13.9 Å². The highest BCUT2D eigenvalue weighted by Crippen LogP contribution is 2.12. The summed E-state index contributed by atoms with van der Waals surface area (Å²) in [6, 6.07) is 8.38. The molecule has 17 heavy (non-hydrogen) atoms. The molecule has 0 unspecified atom stereocenters. The van der Waals surface area contributed by atoms with Crippen LogP contribution in [0, 0.1) is 0 Å². The van der Waals surface area contributed by atoms with Crippen molar-refractivity contribution in [3.05, 3.63) is 57.4 Å². The average molecular weight is 232 g/mol. The SMILES string of the molecule is COc1ccc(-n2ccc(=O)n(C)c2=O)cc1. The lowest BCUT2D eigenvalue weighted by atomic mass is 10.3. The second-order valence-corrected chi connectivity index (χ2v) is 3.56. The van der Waals surface area contributed by atoms with Crippen LogP contribution in [0.2, 0.25) is 0 Å². The number of ether oxygens (including phenoxy) is 1. The fraction of sp³-hybridized carbons (Fsp3) is 0.167. The van der Waals surface area contributed by atoms with E-state index in [0.29, 0.717) is 11.4 Å². The van der Waals surface area contributed by atoms with Gasteiger partial charge in [0.25, 0.3) is 5.56 Å². The highest BCUT2D eigenvalue weighted by Gasteiger charge is 2.03. The minimum atomic E-state index is -0.373. The van der Waals surface area contributed by atoms with E-state index in [2.05, 4.69) is 0 Å². The predicted octanol–water partition coefficient (Wildman–Crippen LogP) is 0.545. The van der Waals surface area contributed by atoms with Gasteiger partial charge in [0.15, 0.2) is 0 Å². The van der Waals surface area contributed by atoms with Crippen molar-refractivity contribution < 1.29 is 4.74 Å². The Hall–Kier alpha value is -2.30. The van der Waals surface area contributed by atoms with Crippen molar-refractivity contribution in [3.63, 3.8) is 0 Å². The Morgan fingerprint density at radius 1 is 1.06 bits per heavy atom. The van der Waals surface area contributed by atoms with Crippen LogP contribution in [-0.4, -0.2) is 16.2 Å². The van der Waals surface area contributed by atoms with Gasteiger partial charge >= 0.3 is 5.69 Å². The fourth-order valence-electron chi connectivity index (χ4n) is 1.51. The number of aromatic nitrogens is 2. The molecular weight excluding hydrogens is 220 g/mol. The summed E-state index contributed by atoms with van der Waals surface area (Å²) in [7, 11) is 3.03. The molecule has 0 N–H and O–H groups in total. The molecule has 88 valence electrons. The summed E-state index contributed by atoms with van der Waals surface area (Å²) in [4.78, 5) is 23.1. The first-order chi connectivity index (χ1) is 8.13. The number of nitrogens with zero attached hydrogens (tertiary/aromatic N) is 2. The van der Waals surface area contributed by atoms with Crippen LogP contribution in [0.4, 0.5) is 0 Å². The maximum Gasteiger partial charge on any atom is 0.335 e. The molecule has 0 atom stereocenters. The van der Waals surface area contributed by atoms with E-state index in [4.69, 9.17) is 4.74 Å². The van der Waals surface area contributed by atoms with Crippen LogP contribution in [0.3, 0.4) is 0 Å². The van der Waals surface area contributed by atoms with Crippen molar-refractivity contribution in [2.24, 2.45) is 7.05 Å². The molecule has 2 aromatic rings. The third kappa shape index (κ3) is 1.99. The third-order valence-corrected chi connectivity index (χ3v) is 2.54. The zero-order valence-corrected chi connectivity index (χ0v) is 9.58. The van der Waals surface area contributed by atoms with Gasteiger partial charge in [0.2, 0.25) is 0 Å². The maximum atomic E-state index is 11.8. The molecule has 0 saturated carbocycles. The van der Waals surface area contributed by atoms with Gasteiger partial charge in [-0.2, -0.15) is 0 Å². The normalized spacial score (nSPS) is 10.2. The molecule has 0 amide bonds. The van der Waals surface area contributed by atoms with E-state index in [1.165, 1.54) is 23.9 Å². The smallest absolute Gasteiger partial charge is 0.335 e. The van der Waals surface area contributed by atoms with Gasteiger partial charge in [-0.05, 0) is 24.3 Å². The zero-order valence-electron chi connectivity index (χ0n) is 9.58. The molecule has 1 aromatic heterocycles. The van der Waals surface area contributed by atoms with Crippen LogP contribution in [0.25, 0.3) is 5.69 Å². The van der Waals surface area contributed by atoms with Crippen LogP contribution in [0.1, 0.15) is 0 Å². The number of methoxy groups -OCH3 is 1. The fourth-order valence-corrected chi connectivity index (χ4v) is 1.51. The van der Waals surface area contributed by atoms with Crippen molar-refractivity contribution >= 4 is 0 Å². The van der Waals surface area contributed by atoms with Crippen LogP contribution in [-0.2, 0) is 7.05 Å². The van der Waals surface area contributed by atoms with Gasteiger partial charge in [0, 0.05) is 19.3 Å². The summed E-state index contributed by atoms with van der Waals surface area (Å²) in [6.45, 7) is 0. The minimum Gasteiger partial charge on any atom is -0.497 e. The lowest BCUT2D eigenvalue weighted by Gasteiger charge is -2.07. The Labute approximate surface area is 97.5 Å². The Bertz CT molecular complexity index is 638. The molecular formula is C12H12N2O3. The topological polar surface area (TPSA) is 53.2 Å². The highest BCUT2D eigenvalue weighted by atomic mass is 16.5. The lowest BCUT2D eigenvalue weighted by Crippen LogP contribution is -2.36. The molecule has 1 aromatic carbocycles. The summed E-state index contributed by atoms with van der Waals surface area (Å²) < 4.78 is 7.50. The molecule has 0 bridgehead atoms. The first-order valence-corrected chi connectivity index (χ1v) is 5.06. The lowest BCUT2D eigenvalue weighted by molar-refractivity contribution is 0.414. The second kappa shape index (κ2) is 4.29. The van der Waals surface area contributed by atoms with Crippen LogP contribution >= 0.6 is 0 Å². The predicted molar refractivity (Wildman–Crippen MR) is 63.8 cm³/mol. The second-order valence-electron chi connectivity index (χ2n) is 3.56. The van der Waals surface area contributed by atoms with E-state index in [1.807, 2.05) is 0 Å². The monoisotopic (exact) mass is 232 g/mol. The summed E-state index contributed by atoms with van der Waals surface area (Å²) in [5, 5.41) is 0. The van der Waals surface area contributed by atoms with Crippen molar-refractivity contribution in [1.29, 1.82) is 0 Å².